The molecular formula is C10H19NO. The highest BCUT2D eigenvalue weighted by atomic mass is 16.5. The average molecular weight is 169 g/mol. The standard InChI is InChI=1S/C10H19NO/c1-9-4-5-11(7-9)8-10-3-2-6-12-10/h9-10H,2-8H2,1H3/t9?,10-/m1/s1. The summed E-state index contributed by atoms with van der Waals surface area (Å²) in [5.41, 5.74) is 0. The Morgan fingerprint density at radius 1 is 1.42 bits per heavy atom. The highest BCUT2D eigenvalue weighted by Gasteiger charge is 2.23. The van der Waals surface area contributed by atoms with Gasteiger partial charge in [0.25, 0.3) is 0 Å². The first kappa shape index (κ1) is 8.52. The van der Waals surface area contributed by atoms with E-state index >= 15 is 0 Å². The monoisotopic (exact) mass is 169 g/mol. The Morgan fingerprint density at radius 2 is 2.33 bits per heavy atom. The summed E-state index contributed by atoms with van der Waals surface area (Å²) >= 11 is 0. The van der Waals surface area contributed by atoms with Gasteiger partial charge in [-0.15, -0.1) is 0 Å². The molecule has 0 amide bonds. The SMILES string of the molecule is CC1CCN(C[C@H]2CCCO2)C1. The zero-order valence-corrected chi connectivity index (χ0v) is 7.96. The molecule has 0 aromatic carbocycles. The molecule has 12 heavy (non-hydrogen) atoms. The first-order valence-corrected chi connectivity index (χ1v) is 5.18. The van der Waals surface area contributed by atoms with Crippen LogP contribution in [-0.2, 0) is 4.74 Å². The molecular weight excluding hydrogens is 150 g/mol. The summed E-state index contributed by atoms with van der Waals surface area (Å²) in [5, 5.41) is 0. The molecule has 0 aliphatic carbocycles. The van der Waals surface area contributed by atoms with Gasteiger partial charge in [-0.2, -0.15) is 0 Å². The summed E-state index contributed by atoms with van der Waals surface area (Å²) in [7, 11) is 0. The fourth-order valence-corrected chi connectivity index (χ4v) is 2.27. The summed E-state index contributed by atoms with van der Waals surface area (Å²) in [5.74, 6) is 0.909. The molecule has 2 saturated heterocycles. The minimum absolute atomic E-state index is 0.551. The zero-order valence-electron chi connectivity index (χ0n) is 7.96. The molecule has 1 unspecified atom stereocenters. The van der Waals surface area contributed by atoms with Crippen LogP contribution in [0.25, 0.3) is 0 Å². The van der Waals surface area contributed by atoms with Gasteiger partial charge >= 0.3 is 0 Å². The van der Waals surface area contributed by atoms with Crippen molar-refractivity contribution in [2.75, 3.05) is 26.2 Å². The van der Waals surface area contributed by atoms with E-state index in [4.69, 9.17) is 4.74 Å². The largest absolute Gasteiger partial charge is 0.377 e. The quantitative estimate of drug-likeness (QED) is 0.621. The van der Waals surface area contributed by atoms with E-state index in [1.165, 1.54) is 38.9 Å². The Bertz CT molecular complexity index is 143. The molecule has 2 aliphatic rings. The first-order valence-electron chi connectivity index (χ1n) is 5.18. The van der Waals surface area contributed by atoms with Crippen molar-refractivity contribution < 1.29 is 4.74 Å². The van der Waals surface area contributed by atoms with Crippen molar-refractivity contribution in [2.45, 2.75) is 32.3 Å². The fraction of sp³-hybridized carbons (Fsp3) is 1.00. The molecule has 70 valence electrons. The van der Waals surface area contributed by atoms with Crippen molar-refractivity contribution in [3.63, 3.8) is 0 Å². The fourth-order valence-electron chi connectivity index (χ4n) is 2.27. The molecule has 0 bridgehead atoms. The minimum Gasteiger partial charge on any atom is -0.377 e. The molecule has 2 fully saturated rings. The second-order valence-corrected chi connectivity index (χ2v) is 4.29. The number of likely N-dealkylation sites (tertiary alicyclic amines) is 1. The van der Waals surface area contributed by atoms with Gasteiger partial charge in [-0.25, -0.2) is 0 Å². The summed E-state index contributed by atoms with van der Waals surface area (Å²) < 4.78 is 5.61. The van der Waals surface area contributed by atoms with Gasteiger partial charge in [0, 0.05) is 19.7 Å². The predicted octanol–water partition coefficient (Wildman–Crippen LogP) is 1.51. The second kappa shape index (κ2) is 3.75. The van der Waals surface area contributed by atoms with Crippen LogP contribution in [0.3, 0.4) is 0 Å². The summed E-state index contributed by atoms with van der Waals surface area (Å²) in [6.07, 6.45) is 4.49. The van der Waals surface area contributed by atoms with Crippen molar-refractivity contribution in [1.29, 1.82) is 0 Å². The summed E-state index contributed by atoms with van der Waals surface area (Å²) in [4.78, 5) is 2.56. The lowest BCUT2D eigenvalue weighted by Crippen LogP contribution is -2.30. The van der Waals surface area contributed by atoms with Crippen LogP contribution in [0.4, 0.5) is 0 Å². The van der Waals surface area contributed by atoms with Crippen LogP contribution in [0.1, 0.15) is 26.2 Å². The normalized spacial score (nSPS) is 37.8. The van der Waals surface area contributed by atoms with Crippen LogP contribution >= 0.6 is 0 Å². The van der Waals surface area contributed by atoms with Gasteiger partial charge in [0.15, 0.2) is 0 Å². The molecule has 0 spiro atoms. The number of hydrogen-bond donors (Lipinski definition) is 0. The summed E-state index contributed by atoms with van der Waals surface area (Å²) in [6, 6.07) is 0. The third-order valence-electron chi connectivity index (χ3n) is 2.99. The number of ether oxygens (including phenoxy) is 1. The van der Waals surface area contributed by atoms with Gasteiger partial charge < -0.3 is 9.64 Å². The predicted molar refractivity (Wildman–Crippen MR) is 49.2 cm³/mol. The topological polar surface area (TPSA) is 12.5 Å². The van der Waals surface area contributed by atoms with Gasteiger partial charge in [0.05, 0.1) is 6.10 Å². The van der Waals surface area contributed by atoms with Gasteiger partial charge in [-0.1, -0.05) is 6.92 Å². The number of hydrogen-bond acceptors (Lipinski definition) is 2. The Balaban J connectivity index is 1.72. The average Bonchev–Trinajstić information content (AvgIpc) is 2.63. The van der Waals surface area contributed by atoms with Gasteiger partial charge in [-0.05, 0) is 31.7 Å². The van der Waals surface area contributed by atoms with E-state index in [1.807, 2.05) is 0 Å². The third kappa shape index (κ3) is 1.99. The highest BCUT2D eigenvalue weighted by Crippen LogP contribution is 2.19. The molecule has 0 radical (unpaired) electrons. The molecule has 2 aliphatic heterocycles. The highest BCUT2D eigenvalue weighted by molar-refractivity contribution is 4.76. The van der Waals surface area contributed by atoms with Gasteiger partial charge in [0.2, 0.25) is 0 Å². The molecule has 2 rings (SSSR count). The molecule has 2 nitrogen and oxygen atoms in total. The molecule has 0 N–H and O–H groups in total. The maximum Gasteiger partial charge on any atom is 0.0702 e. The first-order chi connectivity index (χ1) is 5.84. The van der Waals surface area contributed by atoms with Crippen LogP contribution in [0.5, 0.6) is 0 Å². The van der Waals surface area contributed by atoms with Crippen LogP contribution in [0, 0.1) is 5.92 Å². The minimum atomic E-state index is 0.551. The Kier molecular flexibility index (Phi) is 2.66. The molecule has 0 aromatic heterocycles. The van der Waals surface area contributed by atoms with Crippen LogP contribution < -0.4 is 0 Å². The van der Waals surface area contributed by atoms with Crippen LogP contribution in [-0.4, -0.2) is 37.2 Å². The van der Waals surface area contributed by atoms with Crippen molar-refractivity contribution in [3.05, 3.63) is 0 Å². The van der Waals surface area contributed by atoms with Crippen molar-refractivity contribution in [3.8, 4) is 0 Å². The van der Waals surface area contributed by atoms with E-state index in [1.54, 1.807) is 0 Å². The zero-order chi connectivity index (χ0) is 8.39. The van der Waals surface area contributed by atoms with E-state index in [9.17, 15) is 0 Å². The molecule has 0 aromatic rings. The maximum absolute atomic E-state index is 5.61. The van der Waals surface area contributed by atoms with E-state index in [2.05, 4.69) is 11.8 Å². The van der Waals surface area contributed by atoms with Gasteiger partial charge in [-0.3, -0.25) is 0 Å². The van der Waals surface area contributed by atoms with Crippen molar-refractivity contribution >= 4 is 0 Å². The number of rotatable bonds is 2. The maximum atomic E-state index is 5.61. The van der Waals surface area contributed by atoms with E-state index in [0.717, 1.165) is 12.5 Å². The van der Waals surface area contributed by atoms with E-state index in [0.29, 0.717) is 6.10 Å². The van der Waals surface area contributed by atoms with Crippen molar-refractivity contribution in [1.82, 2.24) is 4.90 Å². The van der Waals surface area contributed by atoms with Crippen LogP contribution in [0.2, 0.25) is 0 Å². The molecule has 2 heteroatoms. The summed E-state index contributed by atoms with van der Waals surface area (Å²) in [6.45, 7) is 7.11. The lowest BCUT2D eigenvalue weighted by Gasteiger charge is -2.19. The smallest absolute Gasteiger partial charge is 0.0702 e. The van der Waals surface area contributed by atoms with Crippen molar-refractivity contribution in [2.24, 2.45) is 5.92 Å². The van der Waals surface area contributed by atoms with Gasteiger partial charge in [0.1, 0.15) is 0 Å². The third-order valence-corrected chi connectivity index (χ3v) is 2.99. The lowest BCUT2D eigenvalue weighted by molar-refractivity contribution is 0.0798. The number of nitrogens with zero attached hydrogens (tertiary/aromatic N) is 1. The molecule has 2 atom stereocenters. The molecule has 0 saturated carbocycles. The Hall–Kier alpha value is -0.0800. The van der Waals surface area contributed by atoms with Crippen LogP contribution in [0.15, 0.2) is 0 Å². The van der Waals surface area contributed by atoms with E-state index < -0.39 is 0 Å². The Labute approximate surface area is 74.9 Å². The molecule has 2 heterocycles. The second-order valence-electron chi connectivity index (χ2n) is 4.29. The lowest BCUT2D eigenvalue weighted by atomic mass is 10.2. The van der Waals surface area contributed by atoms with E-state index in [-0.39, 0.29) is 0 Å². The Morgan fingerprint density at radius 3 is 2.92 bits per heavy atom.